The van der Waals surface area contributed by atoms with E-state index in [9.17, 15) is 19.8 Å². The quantitative estimate of drug-likeness (QED) is 0.0321. The van der Waals surface area contributed by atoms with Gasteiger partial charge in [-0.05, 0) is 89.9 Å². The third kappa shape index (κ3) is 53.0. The lowest BCUT2D eigenvalue weighted by Gasteiger charge is -2.20. The van der Waals surface area contributed by atoms with Gasteiger partial charge in [-0.25, -0.2) is 0 Å². The van der Waals surface area contributed by atoms with E-state index in [0.717, 1.165) is 64.2 Å². The number of rotatable bonds is 54. The molecule has 1 amide bonds. The third-order valence-corrected chi connectivity index (χ3v) is 13.3. The number of hydrogen-bond donors (Lipinski definition) is 3. The van der Waals surface area contributed by atoms with Crippen LogP contribution < -0.4 is 5.32 Å². The molecular formula is C61H113NO5. The molecule has 6 heteroatoms. The summed E-state index contributed by atoms with van der Waals surface area (Å²) in [5, 5.41) is 23.0. The molecule has 0 aliphatic rings. The first kappa shape index (κ1) is 64.8. The lowest BCUT2D eigenvalue weighted by atomic mass is 10.1. The average Bonchev–Trinajstić information content (AvgIpc) is 3.33. The average molecular weight is 941 g/mol. The fourth-order valence-corrected chi connectivity index (χ4v) is 8.78. The molecule has 0 rings (SSSR count). The number of carbonyl (C=O) groups excluding carboxylic acids is 2. The molecule has 0 saturated heterocycles. The minimum absolute atomic E-state index is 0.00146. The fourth-order valence-electron chi connectivity index (χ4n) is 8.78. The lowest BCUT2D eigenvalue weighted by molar-refractivity contribution is -0.143. The van der Waals surface area contributed by atoms with E-state index in [2.05, 4.69) is 55.6 Å². The highest BCUT2D eigenvalue weighted by molar-refractivity contribution is 5.76. The van der Waals surface area contributed by atoms with Gasteiger partial charge in [0, 0.05) is 12.8 Å². The van der Waals surface area contributed by atoms with Crippen molar-refractivity contribution < 1.29 is 24.5 Å². The summed E-state index contributed by atoms with van der Waals surface area (Å²) in [6, 6.07) is -0.635. The van der Waals surface area contributed by atoms with Crippen molar-refractivity contribution in [2.75, 3.05) is 13.2 Å². The van der Waals surface area contributed by atoms with Gasteiger partial charge in [0.05, 0.1) is 25.4 Å². The van der Waals surface area contributed by atoms with Gasteiger partial charge in [-0.15, -0.1) is 0 Å². The first-order valence-corrected chi connectivity index (χ1v) is 29.4. The normalized spacial score (nSPS) is 13.0. The van der Waals surface area contributed by atoms with Crippen LogP contribution in [0.4, 0.5) is 0 Å². The second-order valence-electron chi connectivity index (χ2n) is 20.0. The predicted molar refractivity (Wildman–Crippen MR) is 292 cm³/mol. The molecule has 2 unspecified atom stereocenters. The third-order valence-electron chi connectivity index (χ3n) is 13.3. The molecule has 0 aliphatic carbocycles. The van der Waals surface area contributed by atoms with Gasteiger partial charge in [0.2, 0.25) is 5.91 Å². The number of unbranched alkanes of at least 4 members (excludes halogenated alkanes) is 37. The van der Waals surface area contributed by atoms with Crippen LogP contribution in [0.5, 0.6) is 0 Å². The van der Waals surface area contributed by atoms with Crippen LogP contribution in [0.1, 0.15) is 303 Å². The van der Waals surface area contributed by atoms with Crippen LogP contribution in [-0.2, 0) is 14.3 Å². The molecule has 0 heterocycles. The second-order valence-corrected chi connectivity index (χ2v) is 20.0. The first-order valence-electron chi connectivity index (χ1n) is 29.4. The van der Waals surface area contributed by atoms with Crippen molar-refractivity contribution in [3.63, 3.8) is 0 Å². The van der Waals surface area contributed by atoms with E-state index in [1.807, 2.05) is 6.08 Å². The van der Waals surface area contributed by atoms with Crippen molar-refractivity contribution in [3.05, 3.63) is 48.6 Å². The zero-order valence-corrected chi connectivity index (χ0v) is 44.6. The molecular weight excluding hydrogens is 827 g/mol. The zero-order valence-electron chi connectivity index (χ0n) is 44.6. The number of amides is 1. The summed E-state index contributed by atoms with van der Waals surface area (Å²) in [7, 11) is 0. The van der Waals surface area contributed by atoms with Crippen LogP contribution in [0.3, 0.4) is 0 Å². The van der Waals surface area contributed by atoms with Gasteiger partial charge in [0.1, 0.15) is 0 Å². The maximum Gasteiger partial charge on any atom is 0.305 e. The molecule has 3 N–H and O–H groups in total. The Bertz CT molecular complexity index is 1130. The van der Waals surface area contributed by atoms with E-state index in [-0.39, 0.29) is 18.5 Å². The number of aliphatic hydroxyl groups excluding tert-OH is 2. The molecule has 0 aromatic heterocycles. The minimum atomic E-state index is -0.850. The Hall–Kier alpha value is -2.18. The standard InChI is InChI=1S/C61H113NO5/c1-3-5-7-9-11-13-15-16-17-28-31-35-39-43-47-51-55-61(66)67-56-52-48-44-40-36-32-29-26-24-22-20-18-19-21-23-25-27-30-34-38-42-46-50-54-60(65)62-58(57-63)59(64)53-49-45-41-37-33-14-12-10-8-6-4-2/h17-18,20-21,23,28,49,53,58-59,63-64H,3-16,19,22,24-27,29-48,50-52,54-57H2,1-2H3,(H,62,65)/b20-18-,23-21-,28-17-,53-49+. The van der Waals surface area contributed by atoms with Crippen molar-refractivity contribution in [1.82, 2.24) is 5.32 Å². The van der Waals surface area contributed by atoms with Crippen LogP contribution in [0.25, 0.3) is 0 Å². The number of aliphatic hydroxyl groups is 2. The molecule has 2 atom stereocenters. The number of nitrogens with one attached hydrogen (secondary N) is 1. The lowest BCUT2D eigenvalue weighted by Crippen LogP contribution is -2.45. The molecule has 0 aliphatic heterocycles. The van der Waals surface area contributed by atoms with Crippen LogP contribution in [0.2, 0.25) is 0 Å². The van der Waals surface area contributed by atoms with Gasteiger partial charge in [0.15, 0.2) is 0 Å². The van der Waals surface area contributed by atoms with E-state index in [4.69, 9.17) is 4.74 Å². The van der Waals surface area contributed by atoms with Crippen molar-refractivity contribution >= 4 is 11.9 Å². The summed E-state index contributed by atoms with van der Waals surface area (Å²) in [5.41, 5.74) is 0. The fraction of sp³-hybridized carbons (Fsp3) is 0.836. The first-order chi connectivity index (χ1) is 33.0. The summed E-state index contributed by atoms with van der Waals surface area (Å²) in [5.74, 6) is -0.0819. The van der Waals surface area contributed by atoms with Crippen molar-refractivity contribution in [2.45, 2.75) is 315 Å². The molecule has 0 aromatic carbocycles. The molecule has 0 bridgehead atoms. The topological polar surface area (TPSA) is 95.9 Å². The van der Waals surface area contributed by atoms with Crippen LogP contribution in [0, 0.1) is 0 Å². The molecule has 0 spiro atoms. The van der Waals surface area contributed by atoms with Crippen molar-refractivity contribution in [3.8, 4) is 0 Å². The Kier molecular flexibility index (Phi) is 54.6. The highest BCUT2D eigenvalue weighted by Crippen LogP contribution is 2.15. The van der Waals surface area contributed by atoms with Gasteiger partial charge in [-0.3, -0.25) is 9.59 Å². The highest BCUT2D eigenvalue weighted by atomic mass is 16.5. The Morgan fingerprint density at radius 3 is 1.15 bits per heavy atom. The number of hydrogen-bond acceptors (Lipinski definition) is 5. The van der Waals surface area contributed by atoms with Crippen LogP contribution >= 0.6 is 0 Å². The Morgan fingerprint density at radius 2 is 0.746 bits per heavy atom. The Labute approximate surface area is 416 Å². The summed E-state index contributed by atoms with van der Waals surface area (Å²) in [6.07, 6.45) is 71.4. The van der Waals surface area contributed by atoms with E-state index in [1.54, 1.807) is 6.08 Å². The number of carbonyl (C=O) groups is 2. The minimum Gasteiger partial charge on any atom is -0.466 e. The van der Waals surface area contributed by atoms with Gasteiger partial charge in [-0.1, -0.05) is 249 Å². The van der Waals surface area contributed by atoms with Crippen LogP contribution in [0.15, 0.2) is 48.6 Å². The number of allylic oxidation sites excluding steroid dienone is 7. The van der Waals surface area contributed by atoms with E-state index in [0.29, 0.717) is 19.4 Å². The molecule has 0 aromatic rings. The van der Waals surface area contributed by atoms with Gasteiger partial charge < -0.3 is 20.3 Å². The van der Waals surface area contributed by atoms with E-state index >= 15 is 0 Å². The maximum atomic E-state index is 12.4. The molecule has 67 heavy (non-hydrogen) atoms. The smallest absolute Gasteiger partial charge is 0.305 e. The summed E-state index contributed by atoms with van der Waals surface area (Å²) < 4.78 is 5.48. The number of esters is 1. The largest absolute Gasteiger partial charge is 0.466 e. The molecule has 6 nitrogen and oxygen atoms in total. The summed E-state index contributed by atoms with van der Waals surface area (Å²) >= 11 is 0. The van der Waals surface area contributed by atoms with E-state index in [1.165, 1.54) is 212 Å². The number of ether oxygens (including phenoxy) is 1. The second kappa shape index (κ2) is 56.4. The monoisotopic (exact) mass is 940 g/mol. The van der Waals surface area contributed by atoms with Gasteiger partial charge in [0.25, 0.3) is 0 Å². The Balaban J connectivity index is 3.46. The van der Waals surface area contributed by atoms with E-state index < -0.39 is 12.1 Å². The zero-order chi connectivity index (χ0) is 48.6. The summed E-state index contributed by atoms with van der Waals surface area (Å²) in [4.78, 5) is 24.5. The highest BCUT2D eigenvalue weighted by Gasteiger charge is 2.18. The molecule has 0 fully saturated rings. The summed E-state index contributed by atoms with van der Waals surface area (Å²) in [6.45, 7) is 4.87. The Morgan fingerprint density at radius 1 is 0.418 bits per heavy atom. The SMILES string of the molecule is CCCCCCCCC/C=C\CCCCCCCC(=O)OCCCCCCCCCCC/C=C\C/C=C\CCCCCCCCCC(=O)NC(CO)C(O)/C=C/CCCCCCCCCCC. The van der Waals surface area contributed by atoms with Gasteiger partial charge in [-0.2, -0.15) is 0 Å². The molecule has 0 radical (unpaired) electrons. The molecule has 392 valence electrons. The maximum absolute atomic E-state index is 12.4. The molecule has 0 saturated carbocycles. The predicted octanol–water partition coefficient (Wildman–Crippen LogP) is 18.2. The van der Waals surface area contributed by atoms with Gasteiger partial charge >= 0.3 is 5.97 Å². The van der Waals surface area contributed by atoms with Crippen molar-refractivity contribution in [2.24, 2.45) is 0 Å². The van der Waals surface area contributed by atoms with Crippen LogP contribution in [-0.4, -0.2) is 47.4 Å². The van der Waals surface area contributed by atoms with Crippen molar-refractivity contribution in [1.29, 1.82) is 0 Å².